The number of halogens is 2. The number of amides is 1. The minimum Gasteiger partial charge on any atom is -0.484 e. The fourth-order valence-electron chi connectivity index (χ4n) is 1.55. The highest BCUT2D eigenvalue weighted by Gasteiger charge is 2.12. The second-order valence-corrected chi connectivity index (χ2v) is 4.60. The number of carbonyl (C=O) groups is 1. The van der Waals surface area contributed by atoms with Gasteiger partial charge >= 0.3 is 0 Å². The van der Waals surface area contributed by atoms with Crippen molar-refractivity contribution < 1.29 is 18.3 Å². The van der Waals surface area contributed by atoms with Gasteiger partial charge in [-0.1, -0.05) is 11.6 Å². The van der Waals surface area contributed by atoms with Crippen LogP contribution in [0, 0.1) is 5.82 Å². The van der Waals surface area contributed by atoms with Crippen molar-refractivity contribution in [2.75, 3.05) is 13.7 Å². The summed E-state index contributed by atoms with van der Waals surface area (Å²) in [6.07, 6.45) is 1.55. The molecule has 1 aromatic carbocycles. The minimum atomic E-state index is -0.528. The molecule has 1 aromatic heterocycles. The van der Waals surface area contributed by atoms with Crippen molar-refractivity contribution in [3.63, 3.8) is 0 Å². The van der Waals surface area contributed by atoms with Gasteiger partial charge in [0, 0.05) is 13.1 Å². The summed E-state index contributed by atoms with van der Waals surface area (Å²) in [7, 11) is 1.64. The SMILES string of the molecule is CN(Cc1ccco1)C(=O)COc1ccc(F)c(Cl)c1. The fraction of sp³-hybridized carbons (Fsp3) is 0.214. The van der Waals surface area contributed by atoms with Crippen molar-refractivity contribution in [3.05, 3.63) is 53.2 Å². The summed E-state index contributed by atoms with van der Waals surface area (Å²) in [5, 5.41) is -0.0427. The molecule has 0 aliphatic heterocycles. The average molecular weight is 298 g/mol. The summed E-state index contributed by atoms with van der Waals surface area (Å²) in [5.74, 6) is 0.281. The highest BCUT2D eigenvalue weighted by atomic mass is 35.5. The van der Waals surface area contributed by atoms with E-state index in [1.54, 1.807) is 25.4 Å². The Balaban J connectivity index is 1.86. The van der Waals surface area contributed by atoms with Crippen LogP contribution in [0.15, 0.2) is 41.0 Å². The van der Waals surface area contributed by atoms with Gasteiger partial charge in [-0.3, -0.25) is 4.79 Å². The van der Waals surface area contributed by atoms with Crippen LogP contribution in [0.5, 0.6) is 5.75 Å². The van der Waals surface area contributed by atoms with Crippen LogP contribution >= 0.6 is 11.6 Å². The molecule has 1 heterocycles. The maximum Gasteiger partial charge on any atom is 0.260 e. The van der Waals surface area contributed by atoms with E-state index in [9.17, 15) is 9.18 Å². The van der Waals surface area contributed by atoms with E-state index in [0.29, 0.717) is 18.1 Å². The molecule has 0 aliphatic rings. The molecule has 0 atom stereocenters. The molecule has 0 N–H and O–H groups in total. The van der Waals surface area contributed by atoms with Crippen LogP contribution in [-0.4, -0.2) is 24.5 Å². The summed E-state index contributed by atoms with van der Waals surface area (Å²) in [6.45, 7) is 0.207. The number of rotatable bonds is 5. The maximum atomic E-state index is 13.0. The van der Waals surface area contributed by atoms with E-state index in [4.69, 9.17) is 20.8 Å². The number of hydrogen-bond acceptors (Lipinski definition) is 3. The Morgan fingerprint density at radius 1 is 1.45 bits per heavy atom. The van der Waals surface area contributed by atoms with E-state index >= 15 is 0 Å². The van der Waals surface area contributed by atoms with E-state index in [0.717, 1.165) is 0 Å². The zero-order valence-electron chi connectivity index (χ0n) is 10.8. The van der Waals surface area contributed by atoms with E-state index in [1.807, 2.05) is 0 Å². The lowest BCUT2D eigenvalue weighted by Crippen LogP contribution is -2.30. The molecule has 0 fully saturated rings. The number of benzene rings is 1. The van der Waals surface area contributed by atoms with Gasteiger partial charge in [0.15, 0.2) is 6.61 Å². The first-order valence-corrected chi connectivity index (χ1v) is 6.28. The molecule has 2 rings (SSSR count). The monoisotopic (exact) mass is 297 g/mol. The lowest BCUT2D eigenvalue weighted by molar-refractivity contribution is -0.132. The largest absolute Gasteiger partial charge is 0.484 e. The molecule has 2 aromatic rings. The Morgan fingerprint density at radius 3 is 2.90 bits per heavy atom. The van der Waals surface area contributed by atoms with Crippen LogP contribution in [0.3, 0.4) is 0 Å². The Hall–Kier alpha value is -2.01. The highest BCUT2D eigenvalue weighted by molar-refractivity contribution is 6.30. The Kier molecular flexibility index (Phi) is 4.63. The molecule has 0 radical (unpaired) electrons. The fourth-order valence-corrected chi connectivity index (χ4v) is 1.72. The van der Waals surface area contributed by atoms with Crippen LogP contribution in [0.4, 0.5) is 4.39 Å². The lowest BCUT2D eigenvalue weighted by atomic mass is 10.3. The Morgan fingerprint density at radius 2 is 2.25 bits per heavy atom. The molecular weight excluding hydrogens is 285 g/mol. The molecule has 1 amide bonds. The van der Waals surface area contributed by atoms with Crippen molar-refractivity contribution in [1.29, 1.82) is 0 Å². The van der Waals surface area contributed by atoms with E-state index in [2.05, 4.69) is 0 Å². The second-order valence-electron chi connectivity index (χ2n) is 4.19. The zero-order valence-corrected chi connectivity index (χ0v) is 11.6. The molecule has 0 saturated heterocycles. The van der Waals surface area contributed by atoms with Gasteiger partial charge in [-0.05, 0) is 24.3 Å². The molecule has 0 unspecified atom stereocenters. The number of carbonyl (C=O) groups excluding carboxylic acids is 1. The van der Waals surface area contributed by atoms with Crippen LogP contribution in [0.1, 0.15) is 5.76 Å². The van der Waals surface area contributed by atoms with Crippen molar-refractivity contribution >= 4 is 17.5 Å². The van der Waals surface area contributed by atoms with Gasteiger partial charge in [-0.15, -0.1) is 0 Å². The van der Waals surface area contributed by atoms with E-state index in [-0.39, 0.29) is 17.5 Å². The lowest BCUT2D eigenvalue weighted by Gasteiger charge is -2.16. The number of furan rings is 1. The van der Waals surface area contributed by atoms with Gasteiger partial charge in [-0.2, -0.15) is 0 Å². The first-order chi connectivity index (χ1) is 9.56. The van der Waals surface area contributed by atoms with E-state index < -0.39 is 5.82 Å². The Bertz CT molecular complexity index is 586. The molecule has 0 spiro atoms. The topological polar surface area (TPSA) is 42.7 Å². The third kappa shape index (κ3) is 3.74. The summed E-state index contributed by atoms with van der Waals surface area (Å²) < 4.78 is 23.4. The average Bonchev–Trinajstić information content (AvgIpc) is 2.92. The third-order valence-electron chi connectivity index (χ3n) is 2.65. The zero-order chi connectivity index (χ0) is 14.5. The second kappa shape index (κ2) is 6.43. The van der Waals surface area contributed by atoms with Gasteiger partial charge < -0.3 is 14.1 Å². The highest BCUT2D eigenvalue weighted by Crippen LogP contribution is 2.21. The third-order valence-corrected chi connectivity index (χ3v) is 2.94. The molecular formula is C14H13ClFNO3. The molecule has 106 valence electrons. The van der Waals surface area contributed by atoms with Crippen LogP contribution in [0.2, 0.25) is 5.02 Å². The predicted octanol–water partition coefficient (Wildman–Crippen LogP) is 3.11. The summed E-state index contributed by atoms with van der Waals surface area (Å²) in [6, 6.07) is 7.47. The normalized spacial score (nSPS) is 10.3. The standard InChI is InChI=1S/C14H13ClFNO3/c1-17(8-11-3-2-6-19-11)14(18)9-20-10-4-5-13(16)12(15)7-10/h2-7H,8-9H2,1H3. The number of hydrogen-bond donors (Lipinski definition) is 0. The van der Waals surface area contributed by atoms with E-state index in [1.165, 1.54) is 23.1 Å². The number of nitrogens with zero attached hydrogens (tertiary/aromatic N) is 1. The van der Waals surface area contributed by atoms with Crippen molar-refractivity contribution in [1.82, 2.24) is 4.90 Å². The molecule has 0 bridgehead atoms. The predicted molar refractivity (Wildman–Crippen MR) is 72.1 cm³/mol. The molecule has 0 aliphatic carbocycles. The molecule has 6 heteroatoms. The maximum absolute atomic E-state index is 13.0. The van der Waals surface area contributed by atoms with Crippen LogP contribution in [0.25, 0.3) is 0 Å². The molecule has 4 nitrogen and oxygen atoms in total. The smallest absolute Gasteiger partial charge is 0.260 e. The summed E-state index contributed by atoms with van der Waals surface area (Å²) >= 11 is 5.62. The first kappa shape index (κ1) is 14.4. The van der Waals surface area contributed by atoms with Crippen molar-refractivity contribution in [2.45, 2.75) is 6.54 Å². The van der Waals surface area contributed by atoms with Crippen molar-refractivity contribution in [2.24, 2.45) is 0 Å². The summed E-state index contributed by atoms with van der Waals surface area (Å²) in [4.78, 5) is 13.3. The van der Waals surface area contributed by atoms with Crippen molar-refractivity contribution in [3.8, 4) is 5.75 Å². The number of likely N-dealkylation sites (N-methyl/N-ethyl adjacent to an activating group) is 1. The minimum absolute atomic E-state index is 0.0427. The molecule has 0 saturated carbocycles. The molecule has 20 heavy (non-hydrogen) atoms. The van der Waals surface area contributed by atoms with Gasteiger partial charge in [0.25, 0.3) is 5.91 Å². The Labute approximate surface area is 120 Å². The van der Waals surface area contributed by atoms with Gasteiger partial charge in [0.05, 0.1) is 17.8 Å². The van der Waals surface area contributed by atoms with Gasteiger partial charge in [0.1, 0.15) is 17.3 Å². The summed E-state index contributed by atoms with van der Waals surface area (Å²) in [5.41, 5.74) is 0. The first-order valence-electron chi connectivity index (χ1n) is 5.90. The van der Waals surface area contributed by atoms with Crippen LogP contribution in [-0.2, 0) is 11.3 Å². The van der Waals surface area contributed by atoms with Crippen LogP contribution < -0.4 is 4.74 Å². The van der Waals surface area contributed by atoms with Gasteiger partial charge in [0.2, 0.25) is 0 Å². The van der Waals surface area contributed by atoms with Gasteiger partial charge in [-0.25, -0.2) is 4.39 Å². The number of ether oxygens (including phenoxy) is 1. The quantitative estimate of drug-likeness (QED) is 0.851.